The molecule has 4 aromatic rings. The van der Waals surface area contributed by atoms with E-state index in [1.165, 1.54) is 5.56 Å². The third kappa shape index (κ3) is 2.98. The molecule has 1 aliphatic heterocycles. The number of hydrogen-bond donors (Lipinski definition) is 2. The molecule has 6 heteroatoms. The van der Waals surface area contributed by atoms with Crippen LogP contribution in [-0.4, -0.2) is 27.2 Å². The quantitative estimate of drug-likeness (QED) is 0.499. The monoisotopic (exact) mass is 380 g/mol. The Hall–Kier alpha value is -3.82. The van der Waals surface area contributed by atoms with Gasteiger partial charge in [-0.3, -0.25) is 4.57 Å². The number of aromatic nitrogens is 3. The standard InChI is InChI=1S/C23H20N6/c24-7-8-26-20-5-6-21-19(11-20)15-28-14-18(17-3-1-16(13-25)2-4-17)12-22(28)23-27-9-10-29(21)23/h1-6,9-12,14,26H,7-8,15,24H2. The number of nitrogens with one attached hydrogen (secondary N) is 1. The molecule has 0 saturated carbocycles. The fourth-order valence-electron chi connectivity index (χ4n) is 3.87. The van der Waals surface area contributed by atoms with Crippen molar-refractivity contribution >= 4 is 5.69 Å². The van der Waals surface area contributed by atoms with Gasteiger partial charge in [-0.15, -0.1) is 0 Å². The lowest BCUT2D eigenvalue weighted by atomic mass is 10.1. The van der Waals surface area contributed by atoms with E-state index in [1.54, 1.807) is 0 Å². The van der Waals surface area contributed by atoms with Crippen LogP contribution in [0.2, 0.25) is 0 Å². The minimum absolute atomic E-state index is 0.596. The average Bonchev–Trinajstić information content (AvgIpc) is 3.37. The Balaban J connectivity index is 1.60. The van der Waals surface area contributed by atoms with Gasteiger partial charge in [0.2, 0.25) is 0 Å². The van der Waals surface area contributed by atoms with Crippen molar-refractivity contribution in [1.29, 1.82) is 5.26 Å². The topological polar surface area (TPSA) is 84.6 Å². The normalized spacial score (nSPS) is 11.7. The summed E-state index contributed by atoms with van der Waals surface area (Å²) in [5.41, 5.74) is 13.0. The Labute approximate surface area is 168 Å². The van der Waals surface area contributed by atoms with Crippen molar-refractivity contribution in [2.24, 2.45) is 5.73 Å². The predicted molar refractivity (Wildman–Crippen MR) is 114 cm³/mol. The third-order valence-electron chi connectivity index (χ3n) is 5.27. The number of fused-ring (bicyclic) bond motifs is 5. The number of nitrogens with two attached hydrogens (primary N) is 1. The maximum Gasteiger partial charge on any atom is 0.161 e. The molecule has 2 aromatic heterocycles. The molecule has 0 aliphatic carbocycles. The van der Waals surface area contributed by atoms with Crippen LogP contribution in [0, 0.1) is 11.3 Å². The molecule has 6 nitrogen and oxygen atoms in total. The summed E-state index contributed by atoms with van der Waals surface area (Å²) >= 11 is 0. The van der Waals surface area contributed by atoms with E-state index < -0.39 is 0 Å². The van der Waals surface area contributed by atoms with Crippen LogP contribution in [0.1, 0.15) is 11.1 Å². The molecule has 0 fully saturated rings. The van der Waals surface area contributed by atoms with Gasteiger partial charge in [0.25, 0.3) is 0 Å². The smallest absolute Gasteiger partial charge is 0.161 e. The molecule has 0 spiro atoms. The zero-order chi connectivity index (χ0) is 19.8. The van der Waals surface area contributed by atoms with Crippen molar-refractivity contribution in [1.82, 2.24) is 14.1 Å². The first kappa shape index (κ1) is 17.3. The van der Waals surface area contributed by atoms with Crippen LogP contribution >= 0.6 is 0 Å². The molecular weight excluding hydrogens is 360 g/mol. The molecule has 29 heavy (non-hydrogen) atoms. The van der Waals surface area contributed by atoms with E-state index in [0.717, 1.165) is 47.1 Å². The summed E-state index contributed by atoms with van der Waals surface area (Å²) in [6.07, 6.45) is 6.00. The third-order valence-corrected chi connectivity index (χ3v) is 5.27. The highest BCUT2D eigenvalue weighted by molar-refractivity contribution is 5.72. The average molecular weight is 380 g/mol. The van der Waals surface area contributed by atoms with Gasteiger partial charge < -0.3 is 15.6 Å². The Morgan fingerprint density at radius 3 is 2.76 bits per heavy atom. The number of rotatable bonds is 4. The first-order chi connectivity index (χ1) is 14.3. The van der Waals surface area contributed by atoms with Gasteiger partial charge in [-0.25, -0.2) is 4.98 Å². The van der Waals surface area contributed by atoms with E-state index in [0.29, 0.717) is 12.1 Å². The molecule has 0 saturated heterocycles. The fraction of sp³-hybridized carbons (Fsp3) is 0.130. The van der Waals surface area contributed by atoms with Crippen molar-refractivity contribution in [3.63, 3.8) is 0 Å². The molecule has 0 amide bonds. The van der Waals surface area contributed by atoms with Crippen molar-refractivity contribution in [3.8, 4) is 34.4 Å². The van der Waals surface area contributed by atoms with E-state index in [9.17, 15) is 0 Å². The van der Waals surface area contributed by atoms with Crippen LogP contribution in [-0.2, 0) is 6.54 Å². The summed E-state index contributed by atoms with van der Waals surface area (Å²) in [5.74, 6) is 0.923. The van der Waals surface area contributed by atoms with Gasteiger partial charge in [-0.2, -0.15) is 5.26 Å². The number of nitriles is 1. The van der Waals surface area contributed by atoms with Crippen LogP contribution in [0.5, 0.6) is 0 Å². The molecule has 5 rings (SSSR count). The molecule has 3 heterocycles. The first-order valence-corrected chi connectivity index (χ1v) is 9.58. The van der Waals surface area contributed by atoms with Crippen LogP contribution in [0.25, 0.3) is 28.3 Å². The summed E-state index contributed by atoms with van der Waals surface area (Å²) in [5, 5.41) is 12.4. The highest BCUT2D eigenvalue weighted by Crippen LogP contribution is 2.34. The second-order valence-corrected chi connectivity index (χ2v) is 7.11. The van der Waals surface area contributed by atoms with E-state index in [2.05, 4.69) is 56.0 Å². The predicted octanol–water partition coefficient (Wildman–Crippen LogP) is 3.61. The minimum Gasteiger partial charge on any atom is -0.384 e. The van der Waals surface area contributed by atoms with Gasteiger partial charge in [-0.05, 0) is 47.5 Å². The fourth-order valence-corrected chi connectivity index (χ4v) is 3.87. The number of nitrogens with zero attached hydrogens (tertiary/aromatic N) is 4. The molecular formula is C23H20N6. The van der Waals surface area contributed by atoms with E-state index in [-0.39, 0.29) is 0 Å². The van der Waals surface area contributed by atoms with Gasteiger partial charge in [0, 0.05) is 49.5 Å². The second kappa shape index (κ2) is 6.97. The van der Waals surface area contributed by atoms with Gasteiger partial charge in [-0.1, -0.05) is 12.1 Å². The molecule has 0 unspecified atom stereocenters. The van der Waals surface area contributed by atoms with Crippen molar-refractivity contribution in [2.75, 3.05) is 18.4 Å². The van der Waals surface area contributed by atoms with Crippen molar-refractivity contribution in [2.45, 2.75) is 6.54 Å². The zero-order valence-electron chi connectivity index (χ0n) is 15.8. The molecule has 0 bridgehead atoms. The van der Waals surface area contributed by atoms with Gasteiger partial charge in [0.1, 0.15) is 0 Å². The lowest BCUT2D eigenvalue weighted by Crippen LogP contribution is -2.13. The van der Waals surface area contributed by atoms with Crippen LogP contribution < -0.4 is 11.1 Å². The summed E-state index contributed by atoms with van der Waals surface area (Å²) in [6.45, 7) is 2.09. The molecule has 142 valence electrons. The molecule has 0 radical (unpaired) electrons. The molecule has 1 aliphatic rings. The molecule has 3 N–H and O–H groups in total. The summed E-state index contributed by atoms with van der Waals surface area (Å²) < 4.78 is 4.38. The molecule has 2 aromatic carbocycles. The zero-order valence-corrected chi connectivity index (χ0v) is 15.8. The second-order valence-electron chi connectivity index (χ2n) is 7.11. The number of benzene rings is 2. The lowest BCUT2D eigenvalue weighted by Gasteiger charge is -2.12. The van der Waals surface area contributed by atoms with E-state index in [1.807, 2.05) is 36.7 Å². The highest BCUT2D eigenvalue weighted by Gasteiger charge is 2.21. The minimum atomic E-state index is 0.596. The van der Waals surface area contributed by atoms with Gasteiger partial charge in [0.05, 0.1) is 23.0 Å². The molecule has 0 atom stereocenters. The maximum absolute atomic E-state index is 9.04. The Morgan fingerprint density at radius 2 is 1.97 bits per heavy atom. The van der Waals surface area contributed by atoms with Crippen LogP contribution in [0.3, 0.4) is 0 Å². The van der Waals surface area contributed by atoms with Crippen LogP contribution in [0.4, 0.5) is 5.69 Å². The largest absolute Gasteiger partial charge is 0.384 e. The Kier molecular flexibility index (Phi) is 4.15. The Morgan fingerprint density at radius 1 is 1.10 bits per heavy atom. The summed E-state index contributed by atoms with van der Waals surface area (Å²) in [7, 11) is 0. The van der Waals surface area contributed by atoms with Crippen LogP contribution in [0.15, 0.2) is 67.1 Å². The van der Waals surface area contributed by atoms with E-state index >= 15 is 0 Å². The number of imidazole rings is 1. The van der Waals surface area contributed by atoms with Crippen molar-refractivity contribution in [3.05, 3.63) is 78.2 Å². The first-order valence-electron chi connectivity index (χ1n) is 9.58. The number of anilines is 1. The Bertz CT molecular complexity index is 1220. The van der Waals surface area contributed by atoms with Crippen molar-refractivity contribution < 1.29 is 0 Å². The maximum atomic E-state index is 9.04. The number of hydrogen-bond acceptors (Lipinski definition) is 4. The SMILES string of the molecule is N#Cc1ccc(-c2cc3n(c2)Cc2cc(NCCN)ccc2-n2ccnc2-3)cc1. The van der Waals surface area contributed by atoms with E-state index in [4.69, 9.17) is 11.0 Å². The lowest BCUT2D eigenvalue weighted by molar-refractivity contribution is 0.819. The van der Waals surface area contributed by atoms with Gasteiger partial charge in [0.15, 0.2) is 5.82 Å². The van der Waals surface area contributed by atoms with Gasteiger partial charge >= 0.3 is 0 Å². The summed E-state index contributed by atoms with van der Waals surface area (Å²) in [4.78, 5) is 4.63. The highest BCUT2D eigenvalue weighted by atomic mass is 15.1. The summed E-state index contributed by atoms with van der Waals surface area (Å²) in [6, 6.07) is 18.4.